The second-order valence-electron chi connectivity index (χ2n) is 12.3. The van der Waals surface area contributed by atoms with E-state index >= 15 is 0 Å². The number of aryl methyl sites for hydroxylation is 1. The highest BCUT2D eigenvalue weighted by atomic mass is 32.2. The van der Waals surface area contributed by atoms with Gasteiger partial charge in [0.15, 0.2) is 0 Å². The van der Waals surface area contributed by atoms with Gasteiger partial charge in [-0.25, -0.2) is 13.2 Å². The van der Waals surface area contributed by atoms with Gasteiger partial charge in [-0.05, 0) is 100 Å². The molecule has 0 spiro atoms. The zero-order valence-corrected chi connectivity index (χ0v) is 26.7. The van der Waals surface area contributed by atoms with E-state index in [9.17, 15) is 18.0 Å². The number of carbonyl (C=O) groups is 2. The number of para-hydroxylation sites is 1. The number of likely N-dealkylation sites (tertiary alicyclic amines) is 1. The molecule has 1 fully saturated rings. The Bertz CT molecular complexity index is 1580. The van der Waals surface area contributed by atoms with E-state index < -0.39 is 27.8 Å². The Labute approximate surface area is 260 Å². The SMILES string of the molecule is COc1ccc(S(=O)(=O)N(Cc2ccc(C(=O)N3CCCc4ccccc43)cc2)C2CCCN(C(=O)OC(C)(C)C)C2)cc1. The molecular formula is C34H41N3O6S. The third-order valence-corrected chi connectivity index (χ3v) is 9.93. The van der Waals surface area contributed by atoms with Crippen LogP contribution < -0.4 is 9.64 Å². The molecule has 1 unspecified atom stereocenters. The van der Waals surface area contributed by atoms with Crippen molar-refractivity contribution >= 4 is 27.7 Å². The molecule has 234 valence electrons. The van der Waals surface area contributed by atoms with E-state index in [4.69, 9.17) is 9.47 Å². The van der Waals surface area contributed by atoms with E-state index in [0.717, 1.165) is 29.7 Å². The first kappa shape index (κ1) is 31.5. The van der Waals surface area contributed by atoms with Crippen LogP contribution in [0.1, 0.15) is 61.5 Å². The van der Waals surface area contributed by atoms with Crippen molar-refractivity contribution in [2.45, 2.75) is 69.5 Å². The van der Waals surface area contributed by atoms with Crippen LogP contribution in [-0.2, 0) is 27.7 Å². The number of ether oxygens (including phenoxy) is 2. The van der Waals surface area contributed by atoms with Crippen molar-refractivity contribution in [1.82, 2.24) is 9.21 Å². The number of hydrogen-bond donors (Lipinski definition) is 0. The number of anilines is 1. The summed E-state index contributed by atoms with van der Waals surface area (Å²) in [5.41, 5.74) is 2.73. The lowest BCUT2D eigenvalue weighted by Crippen LogP contribution is -2.52. The number of sulfonamides is 1. The lowest BCUT2D eigenvalue weighted by Gasteiger charge is -2.39. The molecule has 0 aromatic heterocycles. The molecule has 1 atom stereocenters. The number of piperidine rings is 1. The lowest BCUT2D eigenvalue weighted by molar-refractivity contribution is 0.0152. The van der Waals surface area contributed by atoms with Gasteiger partial charge in [0.25, 0.3) is 5.91 Å². The topological polar surface area (TPSA) is 96.5 Å². The molecule has 0 saturated carbocycles. The van der Waals surface area contributed by atoms with E-state index in [0.29, 0.717) is 37.2 Å². The fourth-order valence-electron chi connectivity index (χ4n) is 5.81. The van der Waals surface area contributed by atoms with E-state index in [1.54, 1.807) is 29.2 Å². The minimum absolute atomic E-state index is 0.0771. The average Bonchev–Trinajstić information content (AvgIpc) is 3.02. The summed E-state index contributed by atoms with van der Waals surface area (Å²) in [5.74, 6) is 0.479. The first-order valence-electron chi connectivity index (χ1n) is 15.1. The van der Waals surface area contributed by atoms with Crippen LogP contribution in [0.3, 0.4) is 0 Å². The normalized spacial score (nSPS) is 17.2. The second kappa shape index (κ2) is 13.0. The number of benzene rings is 3. The van der Waals surface area contributed by atoms with Crippen molar-refractivity contribution in [3.63, 3.8) is 0 Å². The van der Waals surface area contributed by atoms with Gasteiger partial charge < -0.3 is 19.3 Å². The number of nitrogens with zero attached hydrogens (tertiary/aromatic N) is 3. The van der Waals surface area contributed by atoms with Gasteiger partial charge in [-0.1, -0.05) is 30.3 Å². The number of carbonyl (C=O) groups excluding carboxylic acids is 2. The minimum atomic E-state index is -3.96. The molecule has 10 heteroatoms. The summed E-state index contributed by atoms with van der Waals surface area (Å²) in [7, 11) is -2.43. The number of hydrogen-bond acceptors (Lipinski definition) is 6. The number of amides is 2. The van der Waals surface area contributed by atoms with Gasteiger partial charge in [0, 0.05) is 43.5 Å². The van der Waals surface area contributed by atoms with E-state index in [-0.39, 0.29) is 23.9 Å². The van der Waals surface area contributed by atoms with Gasteiger partial charge in [0.05, 0.1) is 12.0 Å². The second-order valence-corrected chi connectivity index (χ2v) is 14.2. The van der Waals surface area contributed by atoms with Crippen molar-refractivity contribution in [2.24, 2.45) is 0 Å². The van der Waals surface area contributed by atoms with Crippen LogP contribution in [0.15, 0.2) is 77.7 Å². The molecule has 2 amide bonds. The molecule has 9 nitrogen and oxygen atoms in total. The summed E-state index contributed by atoms with van der Waals surface area (Å²) < 4.78 is 40.6. The van der Waals surface area contributed by atoms with E-state index in [2.05, 4.69) is 6.07 Å². The first-order valence-corrected chi connectivity index (χ1v) is 16.5. The van der Waals surface area contributed by atoms with Crippen LogP contribution in [0.25, 0.3) is 0 Å². The van der Waals surface area contributed by atoms with Gasteiger partial charge in [-0.2, -0.15) is 4.31 Å². The molecular weight excluding hydrogens is 578 g/mol. The average molecular weight is 620 g/mol. The van der Waals surface area contributed by atoms with Gasteiger partial charge in [0.2, 0.25) is 10.0 Å². The summed E-state index contributed by atoms with van der Waals surface area (Å²) in [6.07, 6.45) is 2.64. The van der Waals surface area contributed by atoms with Crippen LogP contribution >= 0.6 is 0 Å². The van der Waals surface area contributed by atoms with Crippen LogP contribution in [0, 0.1) is 0 Å². The zero-order chi connectivity index (χ0) is 31.5. The third-order valence-electron chi connectivity index (χ3n) is 8.02. The molecule has 2 aliphatic rings. The Kier molecular flexibility index (Phi) is 9.31. The van der Waals surface area contributed by atoms with E-state index in [1.165, 1.54) is 23.5 Å². The molecule has 0 radical (unpaired) electrons. The molecule has 1 saturated heterocycles. The Morgan fingerprint density at radius 2 is 1.64 bits per heavy atom. The smallest absolute Gasteiger partial charge is 0.410 e. The third kappa shape index (κ3) is 7.08. The summed E-state index contributed by atoms with van der Waals surface area (Å²) in [5, 5.41) is 0. The maximum Gasteiger partial charge on any atom is 0.410 e. The molecule has 3 aromatic rings. The van der Waals surface area contributed by atoms with Crippen molar-refractivity contribution in [2.75, 3.05) is 31.6 Å². The van der Waals surface area contributed by atoms with Crippen LogP contribution in [-0.4, -0.2) is 68.0 Å². The van der Waals surface area contributed by atoms with Crippen LogP contribution in [0.4, 0.5) is 10.5 Å². The maximum atomic E-state index is 14.1. The molecule has 44 heavy (non-hydrogen) atoms. The Balaban J connectivity index is 1.40. The fourth-order valence-corrected chi connectivity index (χ4v) is 7.44. The molecule has 0 N–H and O–H groups in total. The Hall–Kier alpha value is -3.89. The highest BCUT2D eigenvalue weighted by Gasteiger charge is 2.37. The van der Waals surface area contributed by atoms with E-state index in [1.807, 2.05) is 56.0 Å². The summed E-state index contributed by atoms with van der Waals surface area (Å²) in [6.45, 7) is 6.89. The van der Waals surface area contributed by atoms with Crippen molar-refractivity contribution in [1.29, 1.82) is 0 Å². The molecule has 3 aromatic carbocycles. The Morgan fingerprint density at radius 1 is 0.932 bits per heavy atom. The largest absolute Gasteiger partial charge is 0.497 e. The fraction of sp³-hybridized carbons (Fsp3) is 0.412. The van der Waals surface area contributed by atoms with Gasteiger partial charge in [0.1, 0.15) is 11.4 Å². The number of methoxy groups -OCH3 is 1. The summed E-state index contributed by atoms with van der Waals surface area (Å²) in [4.78, 5) is 30.0. The van der Waals surface area contributed by atoms with Crippen molar-refractivity contribution < 1.29 is 27.5 Å². The standard InChI is InChI=1S/C34H41N3O6S/c1-34(2,3)43-33(39)35-21-8-11-28(24-35)37(44(40,41)30-19-17-29(42-4)18-20-30)23-25-13-15-27(16-14-25)32(38)36-22-7-10-26-9-5-6-12-31(26)36/h5-6,9,12-20,28H,7-8,10-11,21-24H2,1-4H3. The first-order chi connectivity index (χ1) is 21.0. The van der Waals surface area contributed by atoms with Crippen molar-refractivity contribution in [3.8, 4) is 5.75 Å². The summed E-state index contributed by atoms with van der Waals surface area (Å²) >= 11 is 0. The molecule has 2 aliphatic heterocycles. The monoisotopic (exact) mass is 619 g/mol. The van der Waals surface area contributed by atoms with Crippen molar-refractivity contribution in [3.05, 3.63) is 89.5 Å². The molecule has 2 heterocycles. The minimum Gasteiger partial charge on any atom is -0.497 e. The highest BCUT2D eigenvalue weighted by Crippen LogP contribution is 2.30. The predicted octanol–water partition coefficient (Wildman–Crippen LogP) is 5.88. The van der Waals surface area contributed by atoms with Crippen LogP contribution in [0.2, 0.25) is 0 Å². The Morgan fingerprint density at radius 3 is 2.32 bits per heavy atom. The maximum absolute atomic E-state index is 14.1. The lowest BCUT2D eigenvalue weighted by atomic mass is 10.0. The molecule has 0 bridgehead atoms. The highest BCUT2D eigenvalue weighted by molar-refractivity contribution is 7.89. The summed E-state index contributed by atoms with van der Waals surface area (Å²) in [6, 6.07) is 21.0. The molecule has 5 rings (SSSR count). The predicted molar refractivity (Wildman–Crippen MR) is 169 cm³/mol. The van der Waals surface area contributed by atoms with Gasteiger partial charge in [-0.15, -0.1) is 0 Å². The van der Waals surface area contributed by atoms with Crippen LogP contribution in [0.5, 0.6) is 5.75 Å². The van der Waals surface area contributed by atoms with Gasteiger partial charge >= 0.3 is 6.09 Å². The van der Waals surface area contributed by atoms with Gasteiger partial charge in [-0.3, -0.25) is 4.79 Å². The quantitative estimate of drug-likeness (QED) is 0.328. The number of rotatable bonds is 7. The zero-order valence-electron chi connectivity index (χ0n) is 25.9. The number of fused-ring (bicyclic) bond motifs is 1. The molecule has 0 aliphatic carbocycles.